The minimum atomic E-state index is -0.452. The van der Waals surface area contributed by atoms with Gasteiger partial charge >= 0.3 is 0 Å². The van der Waals surface area contributed by atoms with Gasteiger partial charge in [0.05, 0.1) is 6.04 Å². The number of nitrogens with two attached hydrogens (primary N) is 1. The highest BCUT2D eigenvalue weighted by Crippen LogP contribution is 2.04. The number of nitrogens with zero attached hydrogens (tertiary/aromatic N) is 2. The van der Waals surface area contributed by atoms with Crippen LogP contribution in [0, 0.1) is 0 Å². The maximum absolute atomic E-state index is 12.1. The molecule has 4 nitrogen and oxygen atoms in total. The van der Waals surface area contributed by atoms with Crippen LogP contribution in [0.3, 0.4) is 0 Å². The number of hydrogen-bond acceptors (Lipinski definition) is 3. The number of carbonyl (C=O) groups excluding carboxylic acids is 1. The van der Waals surface area contributed by atoms with Crippen molar-refractivity contribution in [3.63, 3.8) is 0 Å². The summed E-state index contributed by atoms with van der Waals surface area (Å²) < 4.78 is 0. The number of amides is 1. The summed E-state index contributed by atoms with van der Waals surface area (Å²) in [5.74, 6) is 0.0163. The smallest absolute Gasteiger partial charge is 0.239 e. The molecule has 0 bridgehead atoms. The molecule has 0 fully saturated rings. The van der Waals surface area contributed by atoms with Crippen LogP contribution in [0.25, 0.3) is 0 Å². The molecule has 1 aromatic rings. The summed E-state index contributed by atoms with van der Waals surface area (Å²) >= 11 is 0. The van der Waals surface area contributed by atoms with E-state index in [1.54, 1.807) is 4.90 Å². The lowest BCUT2D eigenvalue weighted by molar-refractivity contribution is -0.131. The molecule has 0 heterocycles. The van der Waals surface area contributed by atoms with E-state index in [0.29, 0.717) is 6.42 Å². The Kier molecular flexibility index (Phi) is 6.53. The van der Waals surface area contributed by atoms with Gasteiger partial charge in [0.25, 0.3) is 0 Å². The number of rotatable bonds is 7. The van der Waals surface area contributed by atoms with E-state index in [4.69, 9.17) is 5.73 Å². The van der Waals surface area contributed by atoms with Crippen molar-refractivity contribution in [2.75, 3.05) is 34.2 Å². The van der Waals surface area contributed by atoms with Gasteiger partial charge in [0.15, 0.2) is 0 Å². The molecule has 1 atom stereocenters. The molecule has 0 aliphatic carbocycles. The lowest BCUT2D eigenvalue weighted by atomic mass is 10.1. The van der Waals surface area contributed by atoms with Gasteiger partial charge in [0, 0.05) is 13.6 Å². The van der Waals surface area contributed by atoms with E-state index in [-0.39, 0.29) is 5.91 Å². The Labute approximate surface area is 116 Å². The van der Waals surface area contributed by atoms with Crippen molar-refractivity contribution in [2.45, 2.75) is 18.9 Å². The van der Waals surface area contributed by atoms with Crippen molar-refractivity contribution in [1.29, 1.82) is 0 Å². The van der Waals surface area contributed by atoms with Crippen molar-refractivity contribution >= 4 is 5.91 Å². The van der Waals surface area contributed by atoms with Crippen molar-refractivity contribution in [3.8, 4) is 0 Å². The Morgan fingerprint density at radius 3 is 2.37 bits per heavy atom. The molecule has 0 saturated heterocycles. The molecule has 106 valence electrons. The SMILES string of the molecule is CN(C)CCCN(C)C(=O)[C@@H](N)Cc1ccccc1. The van der Waals surface area contributed by atoms with Gasteiger partial charge < -0.3 is 15.5 Å². The van der Waals surface area contributed by atoms with Crippen LogP contribution in [-0.4, -0.2) is 56.0 Å². The van der Waals surface area contributed by atoms with Crippen LogP contribution in [-0.2, 0) is 11.2 Å². The third-order valence-electron chi connectivity index (χ3n) is 3.09. The molecule has 0 saturated carbocycles. The molecule has 1 rings (SSSR count). The van der Waals surface area contributed by atoms with Crippen molar-refractivity contribution in [1.82, 2.24) is 9.80 Å². The highest BCUT2D eigenvalue weighted by atomic mass is 16.2. The first-order valence-electron chi connectivity index (χ1n) is 6.70. The maximum atomic E-state index is 12.1. The van der Waals surface area contributed by atoms with Crippen molar-refractivity contribution < 1.29 is 4.79 Å². The fourth-order valence-electron chi connectivity index (χ4n) is 1.97. The Morgan fingerprint density at radius 1 is 1.16 bits per heavy atom. The van der Waals surface area contributed by atoms with E-state index in [9.17, 15) is 4.79 Å². The van der Waals surface area contributed by atoms with Crippen LogP contribution in [0.1, 0.15) is 12.0 Å². The molecular formula is C15H25N3O. The van der Waals surface area contributed by atoms with Gasteiger partial charge in [-0.3, -0.25) is 4.79 Å². The second kappa shape index (κ2) is 7.92. The average Bonchev–Trinajstić information content (AvgIpc) is 2.38. The zero-order valence-corrected chi connectivity index (χ0v) is 12.2. The number of benzene rings is 1. The average molecular weight is 263 g/mol. The predicted octanol–water partition coefficient (Wildman–Crippen LogP) is 0.967. The van der Waals surface area contributed by atoms with Gasteiger partial charge in [0.1, 0.15) is 0 Å². The molecule has 1 aromatic carbocycles. The Morgan fingerprint density at radius 2 is 1.79 bits per heavy atom. The van der Waals surface area contributed by atoms with E-state index in [1.807, 2.05) is 51.5 Å². The summed E-state index contributed by atoms with van der Waals surface area (Å²) in [4.78, 5) is 16.0. The predicted molar refractivity (Wildman–Crippen MR) is 78.9 cm³/mol. The molecular weight excluding hydrogens is 238 g/mol. The van der Waals surface area contributed by atoms with Crippen molar-refractivity contribution in [3.05, 3.63) is 35.9 Å². The summed E-state index contributed by atoms with van der Waals surface area (Å²) in [5, 5.41) is 0. The molecule has 0 radical (unpaired) electrons. The summed E-state index contributed by atoms with van der Waals surface area (Å²) in [7, 11) is 5.88. The first kappa shape index (κ1) is 15.7. The van der Waals surface area contributed by atoms with E-state index in [0.717, 1.165) is 25.1 Å². The quantitative estimate of drug-likeness (QED) is 0.797. The molecule has 0 aromatic heterocycles. The van der Waals surface area contributed by atoms with Crippen LogP contribution in [0.5, 0.6) is 0 Å². The summed E-state index contributed by atoms with van der Waals surface area (Å²) in [6.07, 6.45) is 1.56. The highest BCUT2D eigenvalue weighted by Gasteiger charge is 2.17. The van der Waals surface area contributed by atoms with Crippen molar-refractivity contribution in [2.24, 2.45) is 5.73 Å². The normalized spacial score (nSPS) is 12.5. The molecule has 0 spiro atoms. The Balaban J connectivity index is 2.39. The summed E-state index contributed by atoms with van der Waals surface area (Å²) in [5.41, 5.74) is 7.08. The summed E-state index contributed by atoms with van der Waals surface area (Å²) in [6.45, 7) is 1.73. The van der Waals surface area contributed by atoms with E-state index >= 15 is 0 Å². The molecule has 19 heavy (non-hydrogen) atoms. The minimum Gasteiger partial charge on any atom is -0.344 e. The first-order valence-corrected chi connectivity index (χ1v) is 6.70. The van der Waals surface area contributed by atoms with Crippen LogP contribution in [0.2, 0.25) is 0 Å². The lowest BCUT2D eigenvalue weighted by Gasteiger charge is -2.22. The summed E-state index contributed by atoms with van der Waals surface area (Å²) in [6, 6.07) is 9.44. The minimum absolute atomic E-state index is 0.0163. The van der Waals surface area contributed by atoms with E-state index in [2.05, 4.69) is 4.90 Å². The highest BCUT2D eigenvalue weighted by molar-refractivity contribution is 5.81. The molecule has 2 N–H and O–H groups in total. The van der Waals surface area contributed by atoms with Gasteiger partial charge in [-0.2, -0.15) is 0 Å². The Bertz CT molecular complexity index is 378. The largest absolute Gasteiger partial charge is 0.344 e. The standard InChI is InChI=1S/C15H25N3O/c1-17(2)10-7-11-18(3)15(19)14(16)12-13-8-5-4-6-9-13/h4-6,8-9,14H,7,10-12,16H2,1-3H3/t14-/m0/s1. The van der Waals surface area contributed by atoms with Gasteiger partial charge in [-0.1, -0.05) is 30.3 Å². The third kappa shape index (κ3) is 5.85. The van der Waals surface area contributed by atoms with Gasteiger partial charge in [-0.15, -0.1) is 0 Å². The molecule has 0 unspecified atom stereocenters. The second-order valence-corrected chi connectivity index (χ2v) is 5.21. The van der Waals surface area contributed by atoms with Crippen LogP contribution in [0.4, 0.5) is 0 Å². The zero-order chi connectivity index (χ0) is 14.3. The van der Waals surface area contributed by atoms with Crippen LogP contribution in [0.15, 0.2) is 30.3 Å². The topological polar surface area (TPSA) is 49.6 Å². The fourth-order valence-corrected chi connectivity index (χ4v) is 1.97. The fraction of sp³-hybridized carbons (Fsp3) is 0.533. The van der Waals surface area contributed by atoms with Crippen LogP contribution >= 0.6 is 0 Å². The molecule has 0 aliphatic heterocycles. The van der Waals surface area contributed by atoms with Gasteiger partial charge in [-0.25, -0.2) is 0 Å². The van der Waals surface area contributed by atoms with Crippen LogP contribution < -0.4 is 5.73 Å². The van der Waals surface area contributed by atoms with Gasteiger partial charge in [0.2, 0.25) is 5.91 Å². The molecule has 4 heteroatoms. The monoisotopic (exact) mass is 263 g/mol. The maximum Gasteiger partial charge on any atom is 0.239 e. The van der Waals surface area contributed by atoms with E-state index < -0.39 is 6.04 Å². The molecule has 0 aliphatic rings. The number of hydrogen-bond donors (Lipinski definition) is 1. The van der Waals surface area contributed by atoms with E-state index in [1.165, 1.54) is 0 Å². The number of carbonyl (C=O) groups is 1. The van der Waals surface area contributed by atoms with Gasteiger partial charge in [-0.05, 0) is 39.0 Å². The zero-order valence-electron chi connectivity index (χ0n) is 12.2. The Hall–Kier alpha value is -1.39. The number of likely N-dealkylation sites (N-methyl/N-ethyl adjacent to an activating group) is 1. The first-order chi connectivity index (χ1) is 9.00. The second-order valence-electron chi connectivity index (χ2n) is 5.21. The lowest BCUT2D eigenvalue weighted by Crippen LogP contribution is -2.43. The third-order valence-corrected chi connectivity index (χ3v) is 3.09. The molecule has 1 amide bonds.